The van der Waals surface area contributed by atoms with Gasteiger partial charge < -0.3 is 54.5 Å². The molecule has 15 heteroatoms. The topological polar surface area (TPSA) is 228 Å². The number of amides is 1. The second-order valence-electron chi connectivity index (χ2n) is 17.4. The van der Waals surface area contributed by atoms with E-state index in [1.807, 2.05) is 33.8 Å². The molecule has 352 valence electrons. The molecule has 14 atom stereocenters. The molecule has 0 spiro atoms. The van der Waals surface area contributed by atoms with Gasteiger partial charge in [0.2, 0.25) is 11.7 Å². The van der Waals surface area contributed by atoms with E-state index in [0.717, 1.165) is 17.7 Å². The second kappa shape index (κ2) is 24.1. The Morgan fingerprint density at radius 3 is 2.33 bits per heavy atom. The zero-order valence-electron chi connectivity index (χ0n) is 38.6. The molecule has 0 aromatic carbocycles. The van der Waals surface area contributed by atoms with E-state index in [-0.39, 0.29) is 48.3 Å². The third-order valence-electron chi connectivity index (χ3n) is 12.6. The minimum absolute atomic E-state index is 0.0618. The standard InChI is InChI=1S/C48H71NO14/c1-12-15-36-30(7)39(61-41(53)21-20-40(52)49-42-34(50)18-19-35(42)51)25-48(58,63-36)32(9)45(56)31(8)46-37(59-10)17-14-16-26(3)22-28(5)43(54)33(13-2)44(55)29(6)23-27(4)24-38(60-11)47(57)62-46/h12,14-17,20-21,23-24,28-33,36-37,39,43-46,50,54-56,58H,13,18-19,22,25H2,1-11H3,(H,49,52)/b15-12-,17-14+,21-20+,26-16+,27-23+,38-24-/t28-,29-,30-,31+,32+,33+,36-,37+,39-,43+,44-,45-,46-,48-/m1/s1. The van der Waals surface area contributed by atoms with Crippen LogP contribution in [0.1, 0.15) is 94.4 Å². The van der Waals surface area contributed by atoms with Crippen LogP contribution >= 0.6 is 0 Å². The van der Waals surface area contributed by atoms with Gasteiger partial charge in [-0.25, -0.2) is 9.59 Å². The first-order chi connectivity index (χ1) is 29.6. The van der Waals surface area contributed by atoms with Crippen LogP contribution < -0.4 is 5.32 Å². The highest BCUT2D eigenvalue weighted by molar-refractivity contribution is 6.04. The van der Waals surface area contributed by atoms with E-state index in [2.05, 4.69) is 5.32 Å². The highest BCUT2D eigenvalue weighted by Crippen LogP contribution is 2.41. The highest BCUT2D eigenvalue weighted by Gasteiger charge is 2.52. The molecule has 63 heavy (non-hydrogen) atoms. The molecule has 0 aromatic heterocycles. The van der Waals surface area contributed by atoms with Gasteiger partial charge in [0.05, 0.1) is 31.5 Å². The Bertz CT molecular complexity index is 1830. The van der Waals surface area contributed by atoms with Gasteiger partial charge in [-0.3, -0.25) is 9.59 Å². The molecule has 3 rings (SSSR count). The number of aliphatic hydroxyl groups excluding tert-OH is 4. The van der Waals surface area contributed by atoms with Crippen molar-refractivity contribution in [2.24, 2.45) is 35.5 Å². The fraction of sp³-hybridized carbons (Fsp3) is 0.625. The zero-order chi connectivity index (χ0) is 47.3. The molecule has 1 aliphatic carbocycles. The minimum atomic E-state index is -2.10. The largest absolute Gasteiger partial charge is 0.510 e. The van der Waals surface area contributed by atoms with Gasteiger partial charge in [-0.2, -0.15) is 0 Å². The van der Waals surface area contributed by atoms with Crippen molar-refractivity contribution < 1.29 is 68.4 Å². The number of aliphatic hydroxyl groups is 5. The molecule has 1 fully saturated rings. The number of Topliss-reactive ketones (excluding diaryl/α,β-unsaturated/α-hetero) is 1. The summed E-state index contributed by atoms with van der Waals surface area (Å²) in [6.07, 6.45) is 7.80. The van der Waals surface area contributed by atoms with Crippen LogP contribution in [0.3, 0.4) is 0 Å². The molecule has 0 aromatic rings. The van der Waals surface area contributed by atoms with Crippen LogP contribution in [0.25, 0.3) is 0 Å². The van der Waals surface area contributed by atoms with Gasteiger partial charge in [0.1, 0.15) is 29.8 Å². The lowest BCUT2D eigenvalue weighted by molar-refractivity contribution is -0.314. The number of nitrogens with one attached hydrogen (secondary N) is 1. The van der Waals surface area contributed by atoms with Gasteiger partial charge in [0.15, 0.2) is 11.6 Å². The van der Waals surface area contributed by atoms with E-state index in [0.29, 0.717) is 18.4 Å². The maximum Gasteiger partial charge on any atom is 0.373 e. The van der Waals surface area contributed by atoms with Crippen LogP contribution in [-0.2, 0) is 42.9 Å². The third kappa shape index (κ3) is 14.1. The molecule has 2 heterocycles. The van der Waals surface area contributed by atoms with Crippen molar-refractivity contribution in [2.75, 3.05) is 14.2 Å². The number of methoxy groups -OCH3 is 2. The lowest BCUT2D eigenvalue weighted by Crippen LogP contribution is -2.58. The van der Waals surface area contributed by atoms with Crippen molar-refractivity contribution in [2.45, 2.75) is 143 Å². The molecule has 0 bridgehead atoms. The Kier molecular flexibility index (Phi) is 20.2. The maximum absolute atomic E-state index is 13.9. The number of carbonyl (C=O) groups excluding carboxylic acids is 4. The minimum Gasteiger partial charge on any atom is -0.510 e. The molecular formula is C48H71NO14. The van der Waals surface area contributed by atoms with E-state index < -0.39 is 95.8 Å². The Hall–Kier alpha value is -4.38. The smallest absolute Gasteiger partial charge is 0.373 e. The van der Waals surface area contributed by atoms with Crippen molar-refractivity contribution >= 4 is 23.6 Å². The normalized spacial score (nSPS) is 36.4. The average molecular weight is 886 g/mol. The van der Waals surface area contributed by atoms with Crippen LogP contribution in [-0.4, -0.2) is 112 Å². The van der Waals surface area contributed by atoms with Crippen LogP contribution in [0.5, 0.6) is 0 Å². The Labute approximate surface area is 372 Å². The van der Waals surface area contributed by atoms with Crippen molar-refractivity contribution in [1.82, 2.24) is 5.32 Å². The summed E-state index contributed by atoms with van der Waals surface area (Å²) in [4.78, 5) is 51.4. The van der Waals surface area contributed by atoms with Crippen molar-refractivity contribution in [1.29, 1.82) is 0 Å². The zero-order valence-corrected chi connectivity index (χ0v) is 38.6. The van der Waals surface area contributed by atoms with E-state index in [1.165, 1.54) is 20.3 Å². The Morgan fingerprint density at radius 1 is 1.06 bits per heavy atom. The lowest BCUT2D eigenvalue weighted by Gasteiger charge is -2.48. The van der Waals surface area contributed by atoms with Crippen molar-refractivity contribution in [3.63, 3.8) is 0 Å². The summed E-state index contributed by atoms with van der Waals surface area (Å²) < 4.78 is 29.5. The first kappa shape index (κ1) is 53.0. The number of hydrogen-bond donors (Lipinski definition) is 6. The first-order valence-electron chi connectivity index (χ1n) is 21.9. The predicted octanol–water partition coefficient (Wildman–Crippen LogP) is 5.36. The molecule has 0 radical (unpaired) electrons. The summed E-state index contributed by atoms with van der Waals surface area (Å²) in [5.74, 6) is -8.99. The predicted molar refractivity (Wildman–Crippen MR) is 235 cm³/mol. The fourth-order valence-electron chi connectivity index (χ4n) is 8.59. The van der Waals surface area contributed by atoms with Gasteiger partial charge in [-0.1, -0.05) is 89.1 Å². The highest BCUT2D eigenvalue weighted by atomic mass is 16.6. The summed E-state index contributed by atoms with van der Waals surface area (Å²) in [7, 11) is 2.75. The molecule has 6 N–H and O–H groups in total. The van der Waals surface area contributed by atoms with Gasteiger partial charge in [0, 0.05) is 68.1 Å². The average Bonchev–Trinajstić information content (AvgIpc) is 3.55. The van der Waals surface area contributed by atoms with E-state index in [9.17, 15) is 44.7 Å². The van der Waals surface area contributed by atoms with Gasteiger partial charge in [-0.15, -0.1) is 0 Å². The summed E-state index contributed by atoms with van der Waals surface area (Å²) in [5, 5.41) is 59.2. The van der Waals surface area contributed by atoms with Crippen LogP contribution in [0.2, 0.25) is 0 Å². The number of rotatable bonds is 12. The number of carbonyl (C=O) groups is 4. The van der Waals surface area contributed by atoms with E-state index in [4.69, 9.17) is 23.7 Å². The van der Waals surface area contributed by atoms with E-state index in [1.54, 1.807) is 65.0 Å². The summed E-state index contributed by atoms with van der Waals surface area (Å²) in [5.41, 5.74) is 1.32. The van der Waals surface area contributed by atoms with E-state index >= 15 is 0 Å². The number of esters is 2. The summed E-state index contributed by atoms with van der Waals surface area (Å²) in [6.45, 7) is 16.1. The van der Waals surface area contributed by atoms with Gasteiger partial charge >= 0.3 is 11.9 Å². The van der Waals surface area contributed by atoms with Crippen molar-refractivity contribution in [3.05, 3.63) is 83.0 Å². The van der Waals surface area contributed by atoms with Crippen molar-refractivity contribution in [3.8, 4) is 0 Å². The molecule has 1 amide bonds. The lowest BCUT2D eigenvalue weighted by atomic mass is 9.77. The molecule has 3 aliphatic rings. The Morgan fingerprint density at radius 2 is 1.75 bits per heavy atom. The number of ether oxygens (including phenoxy) is 5. The second-order valence-corrected chi connectivity index (χ2v) is 17.4. The molecular weight excluding hydrogens is 815 g/mol. The molecule has 2 aliphatic heterocycles. The quantitative estimate of drug-likeness (QED) is 0.0825. The van der Waals surface area contributed by atoms with Crippen LogP contribution in [0.15, 0.2) is 83.0 Å². The number of hydrogen-bond acceptors (Lipinski definition) is 14. The maximum atomic E-state index is 13.9. The summed E-state index contributed by atoms with van der Waals surface area (Å²) in [6, 6.07) is 0. The molecule has 15 nitrogen and oxygen atoms in total. The molecule has 0 saturated carbocycles. The van der Waals surface area contributed by atoms with Gasteiger partial charge in [-0.05, 0) is 45.6 Å². The number of cyclic esters (lactones) is 1. The van der Waals surface area contributed by atoms with Crippen LogP contribution in [0.4, 0.5) is 0 Å². The monoisotopic (exact) mass is 885 g/mol. The van der Waals surface area contributed by atoms with Crippen LogP contribution in [0, 0.1) is 35.5 Å². The number of allylic oxidation sites excluding steroid dienone is 8. The SMILES string of the molecule is C/C=C\[C@H]1O[C@@](O)([C@@H](C)[C@H](O)[C@H](C)[C@H]2OC(=O)/C(OC)=C/C(C)=C/[C@@H](C)[C@@H](O)[C@@H](CC)[C@@H](O)[C@H](C)C/C(C)=C/C=C/[C@@H]2OC)C[C@@H](OC(=O)/C=C/C(=O)NC2=C(O)CCC2=O)[C@@H]1C. The third-order valence-corrected chi connectivity index (χ3v) is 12.6. The summed E-state index contributed by atoms with van der Waals surface area (Å²) >= 11 is 0. The van der Waals surface area contributed by atoms with Gasteiger partial charge in [0.25, 0.3) is 0 Å². The number of ketones is 1. The molecule has 1 saturated heterocycles. The first-order valence-corrected chi connectivity index (χ1v) is 21.9. The molecule has 0 unspecified atom stereocenters. The Balaban J connectivity index is 1.97. The fourth-order valence-corrected chi connectivity index (χ4v) is 8.59.